The van der Waals surface area contributed by atoms with Gasteiger partial charge in [0, 0.05) is 18.2 Å². The van der Waals surface area contributed by atoms with E-state index in [0.29, 0.717) is 12.6 Å². The van der Waals surface area contributed by atoms with Crippen molar-refractivity contribution in [3.05, 3.63) is 34.9 Å². The van der Waals surface area contributed by atoms with Crippen molar-refractivity contribution in [2.75, 3.05) is 0 Å². The lowest BCUT2D eigenvalue weighted by Crippen LogP contribution is -2.25. The Balaban J connectivity index is 1.89. The number of carbonyl (C=O) groups excluding carboxylic acids is 2. The predicted molar refractivity (Wildman–Crippen MR) is 61.2 cm³/mol. The van der Waals surface area contributed by atoms with Crippen LogP contribution in [0.15, 0.2) is 23.2 Å². The molecule has 0 saturated heterocycles. The molecule has 17 heavy (non-hydrogen) atoms. The Morgan fingerprint density at radius 2 is 2.24 bits per heavy atom. The summed E-state index contributed by atoms with van der Waals surface area (Å²) in [5.74, 6) is 0.124. The van der Waals surface area contributed by atoms with E-state index in [1.165, 1.54) is 6.08 Å². The first-order chi connectivity index (χ1) is 8.29. The van der Waals surface area contributed by atoms with E-state index in [0.717, 1.165) is 36.1 Å². The standard InChI is InChI=1S/C13H12N2O2/c16-8-14-6-9-1-2-10-7-15(11-3-4-11)13(17)12(10)5-9/h1-2,5,11H,3-4,6-7H2. The molecule has 1 aliphatic carbocycles. The number of carbonyl (C=O) groups is 1. The number of hydrogen-bond donors (Lipinski definition) is 0. The van der Waals surface area contributed by atoms with Crippen LogP contribution in [0.25, 0.3) is 0 Å². The average molecular weight is 228 g/mol. The number of hydrogen-bond acceptors (Lipinski definition) is 3. The van der Waals surface area contributed by atoms with Crippen molar-refractivity contribution in [3.63, 3.8) is 0 Å². The summed E-state index contributed by atoms with van der Waals surface area (Å²) in [6.07, 6.45) is 3.77. The monoisotopic (exact) mass is 228 g/mol. The predicted octanol–water partition coefficient (Wildman–Crippen LogP) is 1.64. The van der Waals surface area contributed by atoms with Gasteiger partial charge in [-0.3, -0.25) is 4.79 Å². The third-order valence-corrected chi connectivity index (χ3v) is 3.32. The molecule has 0 bridgehead atoms. The largest absolute Gasteiger partial charge is 0.331 e. The van der Waals surface area contributed by atoms with Crippen LogP contribution in [0.1, 0.15) is 34.3 Å². The minimum absolute atomic E-state index is 0.124. The van der Waals surface area contributed by atoms with Crippen molar-refractivity contribution in [2.24, 2.45) is 4.99 Å². The molecule has 1 aromatic carbocycles. The molecule has 4 nitrogen and oxygen atoms in total. The van der Waals surface area contributed by atoms with E-state index in [2.05, 4.69) is 4.99 Å². The maximum atomic E-state index is 12.1. The summed E-state index contributed by atoms with van der Waals surface area (Å²) in [7, 11) is 0. The Morgan fingerprint density at radius 1 is 1.41 bits per heavy atom. The Labute approximate surface area is 99.0 Å². The minimum Gasteiger partial charge on any atom is -0.331 e. The van der Waals surface area contributed by atoms with E-state index in [-0.39, 0.29) is 5.91 Å². The number of amides is 1. The summed E-state index contributed by atoms with van der Waals surface area (Å²) in [6, 6.07) is 6.18. The summed E-state index contributed by atoms with van der Waals surface area (Å²) < 4.78 is 0. The molecule has 1 amide bonds. The van der Waals surface area contributed by atoms with Gasteiger partial charge in [-0.25, -0.2) is 9.79 Å². The second-order valence-corrected chi connectivity index (χ2v) is 4.56. The topological polar surface area (TPSA) is 49.7 Å². The van der Waals surface area contributed by atoms with Crippen molar-refractivity contribution < 1.29 is 9.59 Å². The number of aliphatic imine (C=N–C) groups is 1. The first-order valence-corrected chi connectivity index (χ1v) is 5.76. The quantitative estimate of drug-likeness (QED) is 0.583. The van der Waals surface area contributed by atoms with Gasteiger partial charge in [0.1, 0.15) is 0 Å². The second kappa shape index (κ2) is 3.82. The normalized spacial score (nSPS) is 17.9. The van der Waals surface area contributed by atoms with Crippen LogP contribution in [0.3, 0.4) is 0 Å². The second-order valence-electron chi connectivity index (χ2n) is 4.56. The highest BCUT2D eigenvalue weighted by molar-refractivity contribution is 5.98. The van der Waals surface area contributed by atoms with E-state index in [1.54, 1.807) is 0 Å². The minimum atomic E-state index is 0.124. The highest BCUT2D eigenvalue weighted by Gasteiger charge is 2.38. The van der Waals surface area contributed by atoms with Gasteiger partial charge in [-0.1, -0.05) is 12.1 Å². The fourth-order valence-corrected chi connectivity index (χ4v) is 2.27. The summed E-state index contributed by atoms with van der Waals surface area (Å²) in [6.45, 7) is 1.03. The first-order valence-electron chi connectivity index (χ1n) is 5.76. The zero-order valence-corrected chi connectivity index (χ0v) is 9.35. The highest BCUT2D eigenvalue weighted by atomic mass is 16.2. The van der Waals surface area contributed by atoms with Crippen LogP contribution in [0.4, 0.5) is 0 Å². The lowest BCUT2D eigenvalue weighted by atomic mass is 10.1. The van der Waals surface area contributed by atoms with Gasteiger partial charge in [-0.05, 0) is 30.0 Å². The van der Waals surface area contributed by atoms with Gasteiger partial charge in [0.2, 0.25) is 6.08 Å². The van der Waals surface area contributed by atoms with E-state index in [1.807, 2.05) is 23.1 Å². The Bertz CT molecular complexity index is 528. The fourth-order valence-electron chi connectivity index (χ4n) is 2.27. The van der Waals surface area contributed by atoms with Gasteiger partial charge in [0.25, 0.3) is 5.91 Å². The molecule has 86 valence electrons. The lowest BCUT2D eigenvalue weighted by Gasteiger charge is -2.13. The number of rotatable bonds is 3. The maximum absolute atomic E-state index is 12.1. The number of benzene rings is 1. The van der Waals surface area contributed by atoms with Gasteiger partial charge in [-0.2, -0.15) is 0 Å². The van der Waals surface area contributed by atoms with Crippen LogP contribution in [-0.2, 0) is 17.9 Å². The summed E-state index contributed by atoms with van der Waals surface area (Å²) in [5.41, 5.74) is 2.74. The molecule has 1 heterocycles. The van der Waals surface area contributed by atoms with E-state index in [9.17, 15) is 9.59 Å². The first kappa shape index (κ1) is 10.2. The molecule has 0 N–H and O–H groups in total. The summed E-state index contributed by atoms with van der Waals surface area (Å²) >= 11 is 0. The van der Waals surface area contributed by atoms with Crippen molar-refractivity contribution in [1.29, 1.82) is 0 Å². The van der Waals surface area contributed by atoms with Crippen LogP contribution in [-0.4, -0.2) is 22.9 Å². The molecule has 0 spiro atoms. The highest BCUT2D eigenvalue weighted by Crippen LogP contribution is 2.34. The molecule has 3 rings (SSSR count). The molecule has 0 unspecified atom stereocenters. The number of isocyanates is 1. The van der Waals surface area contributed by atoms with Gasteiger partial charge < -0.3 is 4.90 Å². The molecule has 1 aromatic rings. The Hall–Kier alpha value is -1.93. The molecular formula is C13H12N2O2. The van der Waals surface area contributed by atoms with Gasteiger partial charge in [0.05, 0.1) is 6.54 Å². The molecule has 1 saturated carbocycles. The van der Waals surface area contributed by atoms with E-state index >= 15 is 0 Å². The summed E-state index contributed by atoms with van der Waals surface area (Å²) in [4.78, 5) is 27.7. The summed E-state index contributed by atoms with van der Waals surface area (Å²) in [5, 5.41) is 0. The Morgan fingerprint density at radius 3 is 2.94 bits per heavy atom. The van der Waals surface area contributed by atoms with Crippen molar-refractivity contribution in [1.82, 2.24) is 4.90 Å². The van der Waals surface area contributed by atoms with Crippen LogP contribution in [0, 0.1) is 0 Å². The van der Waals surface area contributed by atoms with Crippen LogP contribution >= 0.6 is 0 Å². The zero-order chi connectivity index (χ0) is 11.8. The molecule has 0 radical (unpaired) electrons. The van der Waals surface area contributed by atoms with E-state index < -0.39 is 0 Å². The third kappa shape index (κ3) is 1.77. The molecule has 4 heteroatoms. The molecule has 0 atom stereocenters. The van der Waals surface area contributed by atoms with Crippen molar-refractivity contribution in [3.8, 4) is 0 Å². The van der Waals surface area contributed by atoms with Crippen LogP contribution < -0.4 is 0 Å². The molecule has 2 aliphatic rings. The average Bonchev–Trinajstić information content (AvgIpc) is 3.13. The third-order valence-electron chi connectivity index (χ3n) is 3.32. The van der Waals surface area contributed by atoms with Crippen molar-refractivity contribution >= 4 is 12.0 Å². The van der Waals surface area contributed by atoms with Crippen molar-refractivity contribution in [2.45, 2.75) is 32.0 Å². The Kier molecular flexibility index (Phi) is 2.30. The maximum Gasteiger partial charge on any atom is 0.254 e. The molecule has 1 fully saturated rings. The van der Waals surface area contributed by atoms with Crippen LogP contribution in [0.2, 0.25) is 0 Å². The number of fused-ring (bicyclic) bond motifs is 1. The van der Waals surface area contributed by atoms with E-state index in [4.69, 9.17) is 0 Å². The lowest BCUT2D eigenvalue weighted by molar-refractivity contribution is 0.0766. The van der Waals surface area contributed by atoms with Crippen LogP contribution in [0.5, 0.6) is 0 Å². The molecule has 1 aliphatic heterocycles. The number of nitrogens with zero attached hydrogens (tertiary/aromatic N) is 2. The van der Waals surface area contributed by atoms with Gasteiger partial charge >= 0.3 is 0 Å². The molecule has 0 aromatic heterocycles. The molecular weight excluding hydrogens is 216 g/mol. The van der Waals surface area contributed by atoms with Gasteiger partial charge in [-0.15, -0.1) is 0 Å². The SMILES string of the molecule is O=C=NCc1ccc2c(c1)C(=O)N(C1CC1)C2. The van der Waals surface area contributed by atoms with Gasteiger partial charge in [0.15, 0.2) is 0 Å². The fraction of sp³-hybridized carbons (Fsp3) is 0.385. The smallest absolute Gasteiger partial charge is 0.254 e. The zero-order valence-electron chi connectivity index (χ0n) is 9.35.